The van der Waals surface area contributed by atoms with Crippen LogP contribution in [0.5, 0.6) is 0 Å². The van der Waals surface area contributed by atoms with Crippen molar-refractivity contribution in [1.29, 1.82) is 0 Å². The maximum Gasteiger partial charge on any atom is 0.131 e. The first-order valence-corrected chi connectivity index (χ1v) is 5.17. The fourth-order valence-corrected chi connectivity index (χ4v) is 1.98. The van der Waals surface area contributed by atoms with E-state index in [4.69, 9.17) is 5.73 Å². The van der Waals surface area contributed by atoms with E-state index in [-0.39, 0.29) is 11.4 Å². The fourth-order valence-electron chi connectivity index (χ4n) is 1.98. The van der Waals surface area contributed by atoms with Crippen molar-refractivity contribution in [2.75, 3.05) is 0 Å². The van der Waals surface area contributed by atoms with Crippen LogP contribution in [0.3, 0.4) is 0 Å². The number of rotatable bonds is 1. The van der Waals surface area contributed by atoms with Crippen LogP contribution in [0.4, 0.5) is 4.39 Å². The Kier molecular flexibility index (Phi) is 1.65. The highest BCUT2D eigenvalue weighted by Gasteiger charge is 2.39. The van der Waals surface area contributed by atoms with Crippen LogP contribution in [-0.4, -0.2) is 0 Å². The Morgan fingerprint density at radius 1 is 1.13 bits per heavy atom. The summed E-state index contributed by atoms with van der Waals surface area (Å²) in [5.41, 5.74) is 7.09. The van der Waals surface area contributed by atoms with Gasteiger partial charge in [0.1, 0.15) is 5.82 Å². The van der Waals surface area contributed by atoms with Gasteiger partial charge in [0.2, 0.25) is 0 Å². The minimum absolute atomic E-state index is 0.138. The lowest BCUT2D eigenvalue weighted by Gasteiger charge is -2.10. The topological polar surface area (TPSA) is 26.0 Å². The standard InChI is InChI=1S/C13H12FN/c14-12-3-1-2-9-8-10(4-5-11(9)12)13(15)6-7-13/h1-5,8H,6-7,15H2. The first-order chi connectivity index (χ1) is 7.19. The molecule has 76 valence electrons. The van der Waals surface area contributed by atoms with Gasteiger partial charge >= 0.3 is 0 Å². The molecule has 0 atom stereocenters. The summed E-state index contributed by atoms with van der Waals surface area (Å²) in [6, 6.07) is 10.9. The van der Waals surface area contributed by atoms with Crippen molar-refractivity contribution >= 4 is 10.8 Å². The van der Waals surface area contributed by atoms with Crippen LogP contribution in [0.1, 0.15) is 18.4 Å². The predicted molar refractivity (Wildman–Crippen MR) is 59.0 cm³/mol. The van der Waals surface area contributed by atoms with Crippen LogP contribution in [-0.2, 0) is 5.54 Å². The number of nitrogens with two attached hydrogens (primary N) is 1. The third-order valence-corrected chi connectivity index (χ3v) is 3.19. The van der Waals surface area contributed by atoms with Crippen molar-refractivity contribution in [2.24, 2.45) is 5.73 Å². The highest BCUT2D eigenvalue weighted by Crippen LogP contribution is 2.43. The largest absolute Gasteiger partial charge is 0.321 e. The van der Waals surface area contributed by atoms with Gasteiger partial charge in [0.05, 0.1) is 0 Å². The molecule has 1 fully saturated rings. The lowest BCUT2D eigenvalue weighted by Crippen LogP contribution is -2.18. The van der Waals surface area contributed by atoms with Gasteiger partial charge in [-0.2, -0.15) is 0 Å². The van der Waals surface area contributed by atoms with E-state index in [1.165, 1.54) is 6.07 Å². The van der Waals surface area contributed by atoms with Crippen molar-refractivity contribution < 1.29 is 4.39 Å². The average molecular weight is 201 g/mol. The number of hydrogen-bond donors (Lipinski definition) is 1. The van der Waals surface area contributed by atoms with Crippen LogP contribution < -0.4 is 5.73 Å². The Labute approximate surface area is 87.7 Å². The Morgan fingerprint density at radius 2 is 1.93 bits per heavy atom. The van der Waals surface area contributed by atoms with E-state index in [0.29, 0.717) is 5.39 Å². The molecular formula is C13H12FN. The van der Waals surface area contributed by atoms with Crippen LogP contribution >= 0.6 is 0 Å². The highest BCUT2D eigenvalue weighted by atomic mass is 19.1. The zero-order chi connectivity index (χ0) is 10.5. The smallest absolute Gasteiger partial charge is 0.131 e. The average Bonchev–Trinajstić information content (AvgIpc) is 2.98. The summed E-state index contributed by atoms with van der Waals surface area (Å²) < 4.78 is 13.4. The van der Waals surface area contributed by atoms with E-state index in [1.807, 2.05) is 24.3 Å². The van der Waals surface area contributed by atoms with Crippen molar-refractivity contribution in [3.63, 3.8) is 0 Å². The molecule has 1 saturated carbocycles. The second kappa shape index (κ2) is 2.80. The monoisotopic (exact) mass is 201 g/mol. The highest BCUT2D eigenvalue weighted by molar-refractivity contribution is 5.84. The molecule has 0 heterocycles. The van der Waals surface area contributed by atoms with E-state index in [9.17, 15) is 4.39 Å². The zero-order valence-corrected chi connectivity index (χ0v) is 8.33. The maximum atomic E-state index is 13.4. The molecule has 1 aliphatic rings. The van der Waals surface area contributed by atoms with Crippen molar-refractivity contribution in [3.05, 3.63) is 47.8 Å². The van der Waals surface area contributed by atoms with Crippen molar-refractivity contribution in [1.82, 2.24) is 0 Å². The molecule has 15 heavy (non-hydrogen) atoms. The molecule has 0 bridgehead atoms. The third kappa shape index (κ3) is 1.33. The minimum atomic E-state index is -0.166. The van der Waals surface area contributed by atoms with E-state index in [1.54, 1.807) is 6.07 Å². The molecule has 0 radical (unpaired) electrons. The van der Waals surface area contributed by atoms with Gasteiger partial charge in [-0.05, 0) is 35.9 Å². The molecule has 0 saturated heterocycles. The fraction of sp³-hybridized carbons (Fsp3) is 0.231. The van der Waals surface area contributed by atoms with Gasteiger partial charge in [0, 0.05) is 10.9 Å². The second-order valence-corrected chi connectivity index (χ2v) is 4.33. The molecule has 0 unspecified atom stereocenters. The molecule has 2 N–H and O–H groups in total. The zero-order valence-electron chi connectivity index (χ0n) is 8.33. The van der Waals surface area contributed by atoms with Gasteiger partial charge in [-0.25, -0.2) is 4.39 Å². The summed E-state index contributed by atoms with van der Waals surface area (Å²) in [5, 5.41) is 1.61. The quantitative estimate of drug-likeness (QED) is 0.754. The van der Waals surface area contributed by atoms with E-state index in [2.05, 4.69) is 0 Å². The Morgan fingerprint density at radius 3 is 2.67 bits per heavy atom. The van der Waals surface area contributed by atoms with Crippen molar-refractivity contribution in [3.8, 4) is 0 Å². The van der Waals surface area contributed by atoms with E-state index in [0.717, 1.165) is 23.8 Å². The molecule has 1 aliphatic carbocycles. The minimum Gasteiger partial charge on any atom is -0.321 e. The molecule has 0 amide bonds. The second-order valence-electron chi connectivity index (χ2n) is 4.33. The summed E-state index contributed by atoms with van der Waals surface area (Å²) in [6.45, 7) is 0. The Bertz CT molecular complexity index is 529. The van der Waals surface area contributed by atoms with Crippen molar-refractivity contribution in [2.45, 2.75) is 18.4 Å². The lowest BCUT2D eigenvalue weighted by molar-refractivity contribution is 0.639. The first-order valence-electron chi connectivity index (χ1n) is 5.17. The Balaban J connectivity index is 2.23. The molecule has 3 rings (SSSR count). The molecule has 2 heteroatoms. The molecule has 0 spiro atoms. The van der Waals surface area contributed by atoms with E-state index < -0.39 is 0 Å². The SMILES string of the molecule is NC1(c2ccc3c(F)cccc3c2)CC1. The van der Waals surface area contributed by atoms with Crippen LogP contribution in [0.25, 0.3) is 10.8 Å². The molecule has 0 aliphatic heterocycles. The number of benzene rings is 2. The predicted octanol–water partition coefficient (Wildman–Crippen LogP) is 2.93. The molecule has 2 aromatic carbocycles. The van der Waals surface area contributed by atoms with Gasteiger partial charge < -0.3 is 5.73 Å². The van der Waals surface area contributed by atoms with Crippen LogP contribution in [0.2, 0.25) is 0 Å². The maximum absolute atomic E-state index is 13.4. The molecule has 0 aromatic heterocycles. The lowest BCUT2D eigenvalue weighted by atomic mass is 10.0. The third-order valence-electron chi connectivity index (χ3n) is 3.19. The summed E-state index contributed by atoms with van der Waals surface area (Å²) in [7, 11) is 0. The summed E-state index contributed by atoms with van der Waals surface area (Å²) in [5.74, 6) is -0.166. The molecule has 1 nitrogen and oxygen atoms in total. The number of hydrogen-bond acceptors (Lipinski definition) is 1. The summed E-state index contributed by atoms with van der Waals surface area (Å²) >= 11 is 0. The molecule has 2 aromatic rings. The summed E-state index contributed by atoms with van der Waals surface area (Å²) in [6.07, 6.45) is 2.07. The van der Waals surface area contributed by atoms with Crippen LogP contribution in [0.15, 0.2) is 36.4 Å². The van der Waals surface area contributed by atoms with Crippen LogP contribution in [0, 0.1) is 5.82 Å². The van der Waals surface area contributed by atoms with Gasteiger partial charge in [-0.1, -0.05) is 24.3 Å². The first kappa shape index (κ1) is 8.86. The normalized spacial score (nSPS) is 18.0. The van der Waals surface area contributed by atoms with Gasteiger partial charge in [0.15, 0.2) is 0 Å². The van der Waals surface area contributed by atoms with Gasteiger partial charge in [-0.3, -0.25) is 0 Å². The Hall–Kier alpha value is -1.41. The summed E-state index contributed by atoms with van der Waals surface area (Å²) in [4.78, 5) is 0. The van der Waals surface area contributed by atoms with Gasteiger partial charge in [-0.15, -0.1) is 0 Å². The molecular weight excluding hydrogens is 189 g/mol. The van der Waals surface area contributed by atoms with E-state index >= 15 is 0 Å². The number of halogens is 1. The van der Waals surface area contributed by atoms with Gasteiger partial charge in [0.25, 0.3) is 0 Å². The number of fused-ring (bicyclic) bond motifs is 1.